The monoisotopic (exact) mass is 427 g/mol. The molecule has 0 atom stereocenters. The summed E-state index contributed by atoms with van der Waals surface area (Å²) in [6.07, 6.45) is 3.07. The SMILES string of the molecule is O=C(Nc1ccccc1)N1CCC(C(=O)N2CCN(c3ccc(Cl)cn3)CC2)CC1. The normalized spacial score (nSPS) is 17.7. The second-order valence-electron chi connectivity index (χ2n) is 7.70. The van der Waals surface area contributed by atoms with Gasteiger partial charge in [-0.2, -0.15) is 0 Å². The van der Waals surface area contributed by atoms with Crippen LogP contribution in [0.4, 0.5) is 16.3 Å². The summed E-state index contributed by atoms with van der Waals surface area (Å²) in [7, 11) is 0. The van der Waals surface area contributed by atoms with Crippen molar-refractivity contribution in [3.63, 3.8) is 0 Å². The molecule has 0 radical (unpaired) electrons. The van der Waals surface area contributed by atoms with Gasteiger partial charge < -0.3 is 20.0 Å². The minimum absolute atomic E-state index is 0.00835. The summed E-state index contributed by atoms with van der Waals surface area (Å²) in [4.78, 5) is 35.7. The lowest BCUT2D eigenvalue weighted by atomic mass is 9.95. The van der Waals surface area contributed by atoms with Crippen LogP contribution in [-0.2, 0) is 4.79 Å². The van der Waals surface area contributed by atoms with E-state index in [1.807, 2.05) is 47.4 Å². The van der Waals surface area contributed by atoms with Gasteiger partial charge in [0.25, 0.3) is 0 Å². The van der Waals surface area contributed by atoms with Gasteiger partial charge in [-0.1, -0.05) is 29.8 Å². The van der Waals surface area contributed by atoms with Crippen molar-refractivity contribution in [2.75, 3.05) is 49.5 Å². The Balaban J connectivity index is 1.24. The number of benzene rings is 1. The lowest BCUT2D eigenvalue weighted by Gasteiger charge is -2.39. The van der Waals surface area contributed by atoms with Crippen molar-refractivity contribution in [2.45, 2.75) is 12.8 Å². The number of nitrogens with zero attached hydrogens (tertiary/aromatic N) is 4. The molecule has 0 aliphatic carbocycles. The van der Waals surface area contributed by atoms with Crippen LogP contribution in [0.2, 0.25) is 5.02 Å². The molecule has 0 saturated carbocycles. The molecule has 4 rings (SSSR count). The average Bonchev–Trinajstić information content (AvgIpc) is 2.80. The van der Waals surface area contributed by atoms with Crippen LogP contribution in [0.25, 0.3) is 0 Å². The van der Waals surface area contributed by atoms with Crippen molar-refractivity contribution in [1.82, 2.24) is 14.8 Å². The fourth-order valence-corrected chi connectivity index (χ4v) is 4.13. The van der Waals surface area contributed by atoms with Gasteiger partial charge >= 0.3 is 6.03 Å². The van der Waals surface area contributed by atoms with Gasteiger partial charge in [0.2, 0.25) is 5.91 Å². The topological polar surface area (TPSA) is 68.8 Å². The van der Waals surface area contributed by atoms with E-state index in [9.17, 15) is 9.59 Å². The minimum Gasteiger partial charge on any atom is -0.353 e. The molecule has 2 aliphatic rings. The highest BCUT2D eigenvalue weighted by atomic mass is 35.5. The van der Waals surface area contributed by atoms with Crippen LogP contribution in [0.3, 0.4) is 0 Å². The number of likely N-dealkylation sites (tertiary alicyclic amines) is 1. The van der Waals surface area contributed by atoms with E-state index in [4.69, 9.17) is 11.6 Å². The molecular formula is C22H26ClN5O2. The predicted molar refractivity (Wildman–Crippen MR) is 118 cm³/mol. The van der Waals surface area contributed by atoms with E-state index in [-0.39, 0.29) is 17.9 Å². The van der Waals surface area contributed by atoms with E-state index in [0.717, 1.165) is 24.6 Å². The van der Waals surface area contributed by atoms with E-state index in [2.05, 4.69) is 15.2 Å². The molecule has 3 amide bonds. The van der Waals surface area contributed by atoms with Gasteiger partial charge in [0.05, 0.1) is 5.02 Å². The van der Waals surface area contributed by atoms with Crippen molar-refractivity contribution in [2.24, 2.45) is 5.92 Å². The van der Waals surface area contributed by atoms with Gasteiger partial charge in [0.15, 0.2) is 0 Å². The molecule has 2 aliphatic heterocycles. The number of halogens is 1. The number of hydrogen-bond donors (Lipinski definition) is 1. The number of rotatable bonds is 3. The third-order valence-electron chi connectivity index (χ3n) is 5.78. The number of pyridine rings is 1. The summed E-state index contributed by atoms with van der Waals surface area (Å²) in [6.45, 7) is 4.11. The van der Waals surface area contributed by atoms with Gasteiger partial charge in [-0.05, 0) is 37.1 Å². The second kappa shape index (κ2) is 9.34. The quantitative estimate of drug-likeness (QED) is 0.815. The van der Waals surface area contributed by atoms with Crippen LogP contribution >= 0.6 is 11.6 Å². The van der Waals surface area contributed by atoms with E-state index in [1.54, 1.807) is 11.1 Å². The van der Waals surface area contributed by atoms with Crippen molar-refractivity contribution in [3.05, 3.63) is 53.7 Å². The molecule has 1 aromatic heterocycles. The number of hydrogen-bond acceptors (Lipinski definition) is 4. The highest BCUT2D eigenvalue weighted by Gasteiger charge is 2.31. The van der Waals surface area contributed by atoms with Crippen molar-refractivity contribution in [1.29, 1.82) is 0 Å². The molecule has 2 aromatic rings. The van der Waals surface area contributed by atoms with Crippen molar-refractivity contribution >= 4 is 35.0 Å². The number of carbonyl (C=O) groups is 2. The zero-order valence-corrected chi connectivity index (χ0v) is 17.6. The third-order valence-corrected chi connectivity index (χ3v) is 6.01. The second-order valence-corrected chi connectivity index (χ2v) is 8.14. The van der Waals surface area contributed by atoms with Crippen molar-refractivity contribution in [3.8, 4) is 0 Å². The summed E-state index contributed by atoms with van der Waals surface area (Å²) in [5, 5.41) is 3.54. The first kappa shape index (κ1) is 20.5. The Morgan fingerprint density at radius 2 is 1.60 bits per heavy atom. The fraction of sp³-hybridized carbons (Fsp3) is 0.409. The molecule has 7 nitrogen and oxygen atoms in total. The molecule has 1 N–H and O–H groups in total. The molecular weight excluding hydrogens is 402 g/mol. The van der Waals surface area contributed by atoms with Crippen LogP contribution in [0.15, 0.2) is 48.7 Å². The molecule has 0 spiro atoms. The lowest BCUT2D eigenvalue weighted by molar-refractivity contribution is -0.137. The molecule has 158 valence electrons. The molecule has 2 saturated heterocycles. The summed E-state index contributed by atoms with van der Waals surface area (Å²) in [5.74, 6) is 1.09. The lowest BCUT2D eigenvalue weighted by Crippen LogP contribution is -2.52. The van der Waals surface area contributed by atoms with Crippen LogP contribution in [0.1, 0.15) is 12.8 Å². The van der Waals surface area contributed by atoms with Gasteiger partial charge in [0.1, 0.15) is 5.82 Å². The van der Waals surface area contributed by atoms with E-state index >= 15 is 0 Å². The number of carbonyl (C=O) groups excluding carboxylic acids is 2. The Morgan fingerprint density at radius 3 is 2.23 bits per heavy atom. The van der Waals surface area contributed by atoms with Crippen molar-refractivity contribution < 1.29 is 9.59 Å². The molecule has 8 heteroatoms. The Hall–Kier alpha value is -2.80. The number of anilines is 2. The molecule has 30 heavy (non-hydrogen) atoms. The maximum Gasteiger partial charge on any atom is 0.321 e. The number of urea groups is 1. The molecule has 0 unspecified atom stereocenters. The number of amides is 3. The maximum absolute atomic E-state index is 13.0. The molecule has 0 bridgehead atoms. The molecule has 1 aromatic carbocycles. The highest BCUT2D eigenvalue weighted by molar-refractivity contribution is 6.30. The van der Waals surface area contributed by atoms with Crippen LogP contribution in [0, 0.1) is 5.92 Å². The van der Waals surface area contributed by atoms with E-state index < -0.39 is 0 Å². The Morgan fingerprint density at radius 1 is 0.900 bits per heavy atom. The summed E-state index contributed by atoms with van der Waals surface area (Å²) in [5.41, 5.74) is 0.786. The molecule has 3 heterocycles. The van der Waals surface area contributed by atoms with Crippen LogP contribution < -0.4 is 10.2 Å². The van der Waals surface area contributed by atoms with Gasteiger partial charge in [-0.15, -0.1) is 0 Å². The summed E-state index contributed by atoms with van der Waals surface area (Å²) in [6, 6.07) is 13.1. The Bertz CT molecular complexity index is 861. The fourth-order valence-electron chi connectivity index (χ4n) is 4.02. The predicted octanol–water partition coefficient (Wildman–Crippen LogP) is 3.33. The van der Waals surface area contributed by atoms with Crippen LogP contribution in [0.5, 0.6) is 0 Å². The number of aromatic nitrogens is 1. The van der Waals surface area contributed by atoms with Gasteiger partial charge in [-0.25, -0.2) is 9.78 Å². The third kappa shape index (κ3) is 4.84. The zero-order chi connectivity index (χ0) is 20.9. The minimum atomic E-state index is -0.101. The molecule has 2 fully saturated rings. The maximum atomic E-state index is 13.0. The Kier molecular flexibility index (Phi) is 6.38. The first-order valence-corrected chi connectivity index (χ1v) is 10.7. The number of piperazine rings is 1. The van der Waals surface area contributed by atoms with Gasteiger partial charge in [-0.3, -0.25) is 4.79 Å². The van der Waals surface area contributed by atoms with E-state index in [0.29, 0.717) is 44.0 Å². The standard InChI is InChI=1S/C22H26ClN5O2/c23-18-6-7-20(24-16-18)26-12-14-27(15-13-26)21(29)17-8-10-28(11-9-17)22(30)25-19-4-2-1-3-5-19/h1-7,16-17H,8-15H2,(H,25,30). The number of nitrogens with one attached hydrogen (secondary N) is 1. The van der Waals surface area contributed by atoms with Gasteiger partial charge in [0, 0.05) is 57.1 Å². The summed E-state index contributed by atoms with van der Waals surface area (Å²) < 4.78 is 0. The average molecular weight is 428 g/mol. The zero-order valence-electron chi connectivity index (χ0n) is 16.8. The smallest absolute Gasteiger partial charge is 0.321 e. The van der Waals surface area contributed by atoms with E-state index in [1.165, 1.54) is 0 Å². The Labute approximate surface area is 181 Å². The number of para-hydroxylation sites is 1. The summed E-state index contributed by atoms with van der Waals surface area (Å²) >= 11 is 5.91. The largest absolute Gasteiger partial charge is 0.353 e. The van der Waals surface area contributed by atoms with Crippen LogP contribution in [-0.4, -0.2) is 66.0 Å². The first-order chi connectivity index (χ1) is 14.6. The highest BCUT2D eigenvalue weighted by Crippen LogP contribution is 2.22. The first-order valence-electron chi connectivity index (χ1n) is 10.4. The number of piperidine rings is 1.